The van der Waals surface area contributed by atoms with Crippen LogP contribution < -0.4 is 4.90 Å². The van der Waals surface area contributed by atoms with Gasteiger partial charge in [0.2, 0.25) is 5.91 Å². The number of rotatable bonds is 8. The fourth-order valence-electron chi connectivity index (χ4n) is 4.09. The van der Waals surface area contributed by atoms with Crippen LogP contribution in [0.5, 0.6) is 0 Å². The Balaban J connectivity index is 1.34. The monoisotopic (exact) mass is 461 g/mol. The fraction of sp³-hybridized carbons (Fsp3) is 0.308. The Hall–Kier alpha value is -3.81. The molecule has 2 amide bonds. The molecular formula is C26H28FN5O2. The molecular weight excluding hydrogens is 433 g/mol. The van der Waals surface area contributed by atoms with Gasteiger partial charge in [0.25, 0.3) is 5.91 Å². The summed E-state index contributed by atoms with van der Waals surface area (Å²) in [7, 11) is 0. The van der Waals surface area contributed by atoms with E-state index in [9.17, 15) is 14.0 Å². The van der Waals surface area contributed by atoms with Gasteiger partial charge in [0.1, 0.15) is 11.5 Å². The molecule has 2 aromatic carbocycles. The summed E-state index contributed by atoms with van der Waals surface area (Å²) >= 11 is 0. The molecule has 0 radical (unpaired) electrons. The SMILES string of the molecule is O=C(CCN(CCc1ccccc1)C(=O)c1cnccn1)N1CCN(c2ccccc2F)CC1. The molecule has 34 heavy (non-hydrogen) atoms. The molecule has 0 N–H and O–H groups in total. The van der Waals surface area contributed by atoms with Crippen molar-refractivity contribution in [2.24, 2.45) is 0 Å². The summed E-state index contributed by atoms with van der Waals surface area (Å²) < 4.78 is 14.1. The zero-order valence-electron chi connectivity index (χ0n) is 19.0. The van der Waals surface area contributed by atoms with Crippen molar-refractivity contribution in [3.05, 3.63) is 90.3 Å². The van der Waals surface area contributed by atoms with Gasteiger partial charge in [0, 0.05) is 58.1 Å². The van der Waals surface area contributed by atoms with E-state index in [0.717, 1.165) is 5.56 Å². The maximum atomic E-state index is 14.1. The van der Waals surface area contributed by atoms with Crippen molar-refractivity contribution in [1.29, 1.82) is 0 Å². The van der Waals surface area contributed by atoms with Gasteiger partial charge < -0.3 is 14.7 Å². The molecule has 0 unspecified atom stereocenters. The fourth-order valence-corrected chi connectivity index (χ4v) is 4.09. The van der Waals surface area contributed by atoms with E-state index < -0.39 is 0 Å². The minimum atomic E-state index is -0.251. The number of halogens is 1. The maximum Gasteiger partial charge on any atom is 0.274 e. The van der Waals surface area contributed by atoms with Crippen LogP contribution in [-0.4, -0.2) is 70.9 Å². The Morgan fingerprint density at radius 2 is 1.65 bits per heavy atom. The lowest BCUT2D eigenvalue weighted by molar-refractivity contribution is -0.131. The van der Waals surface area contributed by atoms with E-state index in [4.69, 9.17) is 0 Å². The summed E-state index contributed by atoms with van der Waals surface area (Å²) in [5.74, 6) is -0.495. The van der Waals surface area contributed by atoms with Gasteiger partial charge in [-0.3, -0.25) is 14.6 Å². The number of nitrogens with zero attached hydrogens (tertiary/aromatic N) is 5. The maximum absolute atomic E-state index is 14.1. The number of carbonyl (C=O) groups excluding carboxylic acids is 2. The second-order valence-electron chi connectivity index (χ2n) is 8.19. The molecule has 0 bridgehead atoms. The number of amides is 2. The average Bonchev–Trinajstić information content (AvgIpc) is 2.90. The summed E-state index contributed by atoms with van der Waals surface area (Å²) in [6.07, 6.45) is 5.36. The lowest BCUT2D eigenvalue weighted by atomic mass is 10.1. The number of carbonyl (C=O) groups is 2. The molecule has 2 heterocycles. The van der Waals surface area contributed by atoms with Crippen molar-refractivity contribution in [2.45, 2.75) is 12.8 Å². The first-order chi connectivity index (χ1) is 16.6. The lowest BCUT2D eigenvalue weighted by Gasteiger charge is -2.36. The molecule has 7 nitrogen and oxygen atoms in total. The number of hydrogen-bond donors (Lipinski definition) is 0. The van der Waals surface area contributed by atoms with E-state index in [-0.39, 0.29) is 29.7 Å². The molecule has 0 aliphatic carbocycles. The van der Waals surface area contributed by atoms with Crippen LogP contribution in [-0.2, 0) is 11.2 Å². The van der Waals surface area contributed by atoms with E-state index in [2.05, 4.69) is 9.97 Å². The summed E-state index contributed by atoms with van der Waals surface area (Å²) in [6.45, 7) is 2.97. The third-order valence-electron chi connectivity index (χ3n) is 6.00. The van der Waals surface area contributed by atoms with Crippen LogP contribution in [0.2, 0.25) is 0 Å². The van der Waals surface area contributed by atoms with Gasteiger partial charge in [0.15, 0.2) is 0 Å². The van der Waals surface area contributed by atoms with Gasteiger partial charge in [-0.2, -0.15) is 0 Å². The number of anilines is 1. The average molecular weight is 462 g/mol. The Morgan fingerprint density at radius 3 is 2.35 bits per heavy atom. The number of para-hydroxylation sites is 1. The van der Waals surface area contributed by atoms with Crippen molar-refractivity contribution in [1.82, 2.24) is 19.8 Å². The first-order valence-electron chi connectivity index (χ1n) is 11.5. The normalized spacial score (nSPS) is 13.6. The molecule has 1 fully saturated rings. The van der Waals surface area contributed by atoms with E-state index in [1.807, 2.05) is 41.3 Å². The zero-order chi connectivity index (χ0) is 23.8. The molecule has 0 atom stereocenters. The van der Waals surface area contributed by atoms with Crippen molar-refractivity contribution >= 4 is 17.5 Å². The van der Waals surface area contributed by atoms with E-state index in [1.54, 1.807) is 21.9 Å². The molecule has 1 aliphatic heterocycles. The Kier molecular flexibility index (Phi) is 7.80. The third-order valence-corrected chi connectivity index (χ3v) is 6.00. The van der Waals surface area contributed by atoms with E-state index >= 15 is 0 Å². The van der Waals surface area contributed by atoms with Crippen LogP contribution in [0.3, 0.4) is 0 Å². The highest BCUT2D eigenvalue weighted by molar-refractivity contribution is 5.92. The van der Waals surface area contributed by atoms with E-state index in [1.165, 1.54) is 24.7 Å². The highest BCUT2D eigenvalue weighted by atomic mass is 19.1. The number of aromatic nitrogens is 2. The Bertz CT molecular complexity index is 1090. The molecule has 1 aliphatic rings. The predicted octanol–water partition coefficient (Wildman–Crippen LogP) is 3.04. The molecule has 0 saturated carbocycles. The Morgan fingerprint density at radius 1 is 0.912 bits per heavy atom. The van der Waals surface area contributed by atoms with Crippen LogP contribution in [0.4, 0.5) is 10.1 Å². The van der Waals surface area contributed by atoms with Gasteiger partial charge in [-0.25, -0.2) is 9.37 Å². The molecule has 3 aromatic rings. The van der Waals surface area contributed by atoms with Crippen molar-refractivity contribution < 1.29 is 14.0 Å². The second-order valence-corrected chi connectivity index (χ2v) is 8.19. The lowest BCUT2D eigenvalue weighted by Crippen LogP contribution is -2.49. The molecule has 8 heteroatoms. The van der Waals surface area contributed by atoms with Crippen LogP contribution in [0.15, 0.2) is 73.2 Å². The van der Waals surface area contributed by atoms with Crippen LogP contribution >= 0.6 is 0 Å². The van der Waals surface area contributed by atoms with Gasteiger partial charge in [-0.1, -0.05) is 42.5 Å². The second kappa shape index (κ2) is 11.4. The highest BCUT2D eigenvalue weighted by Gasteiger charge is 2.24. The largest absolute Gasteiger partial charge is 0.366 e. The predicted molar refractivity (Wildman–Crippen MR) is 128 cm³/mol. The first-order valence-corrected chi connectivity index (χ1v) is 11.5. The molecule has 176 valence electrons. The summed E-state index contributed by atoms with van der Waals surface area (Å²) in [6, 6.07) is 16.6. The van der Waals surface area contributed by atoms with Crippen LogP contribution in [0.1, 0.15) is 22.5 Å². The topological polar surface area (TPSA) is 69.6 Å². The van der Waals surface area contributed by atoms with E-state index in [0.29, 0.717) is 51.4 Å². The minimum absolute atomic E-state index is 0.00941. The Labute approximate surface area is 198 Å². The third kappa shape index (κ3) is 5.95. The standard InChI is InChI=1S/C26H28FN5O2/c27-22-8-4-5-9-24(22)30-16-18-31(19-17-30)25(33)11-15-32(14-10-21-6-2-1-3-7-21)26(34)23-20-28-12-13-29-23/h1-9,12-13,20H,10-11,14-19H2. The first kappa shape index (κ1) is 23.4. The molecule has 0 spiro atoms. The highest BCUT2D eigenvalue weighted by Crippen LogP contribution is 2.20. The van der Waals surface area contributed by atoms with Crippen molar-refractivity contribution in [3.63, 3.8) is 0 Å². The van der Waals surface area contributed by atoms with Gasteiger partial charge in [-0.15, -0.1) is 0 Å². The van der Waals surface area contributed by atoms with Gasteiger partial charge >= 0.3 is 0 Å². The smallest absolute Gasteiger partial charge is 0.274 e. The quantitative estimate of drug-likeness (QED) is 0.516. The molecule has 1 saturated heterocycles. The number of benzene rings is 2. The number of piperazine rings is 1. The zero-order valence-corrected chi connectivity index (χ0v) is 19.0. The minimum Gasteiger partial charge on any atom is -0.366 e. The summed E-state index contributed by atoms with van der Waals surface area (Å²) in [5, 5.41) is 0. The summed E-state index contributed by atoms with van der Waals surface area (Å²) in [5.41, 5.74) is 1.95. The molecule has 1 aromatic heterocycles. The van der Waals surface area contributed by atoms with Crippen LogP contribution in [0.25, 0.3) is 0 Å². The number of hydrogen-bond acceptors (Lipinski definition) is 5. The van der Waals surface area contributed by atoms with Gasteiger partial charge in [-0.05, 0) is 24.1 Å². The van der Waals surface area contributed by atoms with Crippen LogP contribution in [0, 0.1) is 5.82 Å². The van der Waals surface area contributed by atoms with Gasteiger partial charge in [0.05, 0.1) is 11.9 Å². The van der Waals surface area contributed by atoms with Crippen molar-refractivity contribution in [3.8, 4) is 0 Å². The molecule has 4 rings (SSSR count). The van der Waals surface area contributed by atoms with Crippen molar-refractivity contribution in [2.75, 3.05) is 44.2 Å². The summed E-state index contributed by atoms with van der Waals surface area (Å²) in [4.78, 5) is 39.5.